The molecule has 1 fully saturated rings. The van der Waals surface area contributed by atoms with Crippen LogP contribution in [0.4, 0.5) is 0 Å². The highest BCUT2D eigenvalue weighted by Crippen LogP contribution is 2.35. The summed E-state index contributed by atoms with van der Waals surface area (Å²) < 4.78 is 0. The Morgan fingerprint density at radius 1 is 1.35 bits per heavy atom. The normalized spacial score (nSPS) is 20.9. The van der Waals surface area contributed by atoms with Gasteiger partial charge in [-0.3, -0.25) is 4.79 Å². The lowest BCUT2D eigenvalue weighted by atomic mass is 9.74. The summed E-state index contributed by atoms with van der Waals surface area (Å²) in [6.07, 6.45) is 5.95. The number of nitrogens with one attached hydrogen (secondary N) is 1. The van der Waals surface area contributed by atoms with Crippen LogP contribution in [-0.2, 0) is 4.79 Å². The molecule has 0 heterocycles. The van der Waals surface area contributed by atoms with Gasteiger partial charge >= 0.3 is 0 Å². The van der Waals surface area contributed by atoms with E-state index < -0.39 is 6.10 Å². The lowest BCUT2D eigenvalue weighted by molar-refractivity contribution is -0.122. The van der Waals surface area contributed by atoms with E-state index in [4.69, 9.17) is 5.11 Å². The number of amides is 1. The molecule has 1 atom stereocenters. The molecule has 1 rings (SSSR count). The lowest BCUT2D eigenvalue weighted by Crippen LogP contribution is -2.41. The third kappa shape index (κ3) is 5.04. The summed E-state index contributed by atoms with van der Waals surface area (Å²) in [7, 11) is 0. The summed E-state index contributed by atoms with van der Waals surface area (Å²) in [4.78, 5) is 11.5. The maximum atomic E-state index is 11.5. The van der Waals surface area contributed by atoms with E-state index in [2.05, 4.69) is 5.32 Å². The van der Waals surface area contributed by atoms with E-state index in [-0.39, 0.29) is 17.9 Å². The summed E-state index contributed by atoms with van der Waals surface area (Å²) in [6, 6.07) is 0. The van der Waals surface area contributed by atoms with Gasteiger partial charge in [0.05, 0.1) is 12.7 Å². The predicted molar refractivity (Wildman–Crippen MR) is 66.5 cm³/mol. The molecule has 0 radical (unpaired) electrons. The molecular formula is C13H25NO3. The van der Waals surface area contributed by atoms with Crippen LogP contribution in [0, 0.1) is 5.41 Å². The van der Waals surface area contributed by atoms with Gasteiger partial charge in [-0.15, -0.1) is 0 Å². The zero-order valence-corrected chi connectivity index (χ0v) is 10.7. The van der Waals surface area contributed by atoms with Crippen LogP contribution in [0.2, 0.25) is 0 Å². The highest BCUT2D eigenvalue weighted by atomic mass is 16.3. The van der Waals surface area contributed by atoms with Crippen molar-refractivity contribution in [3.05, 3.63) is 0 Å². The molecule has 0 aromatic heterocycles. The minimum atomic E-state index is -0.428. The molecule has 0 aliphatic heterocycles. The van der Waals surface area contributed by atoms with Crippen molar-refractivity contribution in [1.29, 1.82) is 0 Å². The lowest BCUT2D eigenvalue weighted by Gasteiger charge is -2.35. The largest absolute Gasteiger partial charge is 0.396 e. The number of aliphatic hydroxyl groups is 2. The maximum absolute atomic E-state index is 11.5. The van der Waals surface area contributed by atoms with Crippen molar-refractivity contribution in [3.63, 3.8) is 0 Å². The number of carbonyl (C=O) groups is 1. The highest BCUT2D eigenvalue weighted by Gasteiger charge is 2.31. The molecule has 1 aliphatic rings. The van der Waals surface area contributed by atoms with Crippen molar-refractivity contribution in [2.24, 2.45) is 5.41 Å². The van der Waals surface area contributed by atoms with Crippen molar-refractivity contribution in [2.75, 3.05) is 13.2 Å². The van der Waals surface area contributed by atoms with Crippen LogP contribution in [-0.4, -0.2) is 35.4 Å². The van der Waals surface area contributed by atoms with Gasteiger partial charge in [-0.2, -0.15) is 0 Å². The molecule has 1 saturated carbocycles. The Morgan fingerprint density at radius 2 is 2.00 bits per heavy atom. The van der Waals surface area contributed by atoms with Crippen LogP contribution in [0.25, 0.3) is 0 Å². The molecule has 1 amide bonds. The Hall–Kier alpha value is -0.610. The van der Waals surface area contributed by atoms with E-state index in [1.54, 1.807) is 6.92 Å². The Balaban J connectivity index is 2.29. The zero-order chi connectivity index (χ0) is 12.7. The van der Waals surface area contributed by atoms with E-state index in [1.165, 1.54) is 6.42 Å². The molecule has 0 aromatic rings. The highest BCUT2D eigenvalue weighted by molar-refractivity contribution is 5.75. The first-order chi connectivity index (χ1) is 8.08. The van der Waals surface area contributed by atoms with Crippen molar-refractivity contribution < 1.29 is 15.0 Å². The van der Waals surface area contributed by atoms with Gasteiger partial charge in [-0.25, -0.2) is 0 Å². The number of aliphatic hydroxyl groups excluding tert-OH is 2. The Morgan fingerprint density at radius 3 is 2.53 bits per heavy atom. The smallest absolute Gasteiger partial charge is 0.220 e. The van der Waals surface area contributed by atoms with Gasteiger partial charge in [-0.05, 0) is 26.2 Å². The Kier molecular flexibility index (Phi) is 5.92. The van der Waals surface area contributed by atoms with Crippen LogP contribution in [0.5, 0.6) is 0 Å². The van der Waals surface area contributed by atoms with E-state index in [9.17, 15) is 9.90 Å². The summed E-state index contributed by atoms with van der Waals surface area (Å²) >= 11 is 0. The van der Waals surface area contributed by atoms with E-state index >= 15 is 0 Å². The van der Waals surface area contributed by atoms with Crippen LogP contribution in [0.1, 0.15) is 51.9 Å². The van der Waals surface area contributed by atoms with Crippen molar-refractivity contribution in [2.45, 2.75) is 58.0 Å². The fraction of sp³-hybridized carbons (Fsp3) is 0.923. The number of rotatable bonds is 6. The second kappa shape index (κ2) is 6.97. The molecule has 0 bridgehead atoms. The minimum absolute atomic E-state index is 0.0238. The summed E-state index contributed by atoms with van der Waals surface area (Å²) in [5.74, 6) is -0.0238. The molecule has 0 saturated heterocycles. The topological polar surface area (TPSA) is 69.6 Å². The van der Waals surface area contributed by atoms with Crippen LogP contribution < -0.4 is 5.32 Å². The first-order valence-electron chi connectivity index (χ1n) is 6.64. The van der Waals surface area contributed by atoms with Crippen LogP contribution >= 0.6 is 0 Å². The monoisotopic (exact) mass is 243 g/mol. The van der Waals surface area contributed by atoms with Gasteiger partial charge in [0.2, 0.25) is 5.91 Å². The van der Waals surface area contributed by atoms with Crippen LogP contribution in [0.3, 0.4) is 0 Å². The standard InChI is InChI=1S/C13H25NO3/c1-11(16)5-6-12(17)14-9-13(10-15)7-3-2-4-8-13/h11,15-16H,2-10H2,1H3,(H,14,17). The fourth-order valence-electron chi connectivity index (χ4n) is 2.41. The number of carbonyl (C=O) groups excluding carboxylic acids is 1. The van der Waals surface area contributed by atoms with Gasteiger partial charge in [0.1, 0.15) is 0 Å². The predicted octanol–water partition coefficient (Wildman–Crippen LogP) is 1.21. The van der Waals surface area contributed by atoms with Crippen molar-refractivity contribution in [3.8, 4) is 0 Å². The van der Waals surface area contributed by atoms with Crippen molar-refractivity contribution in [1.82, 2.24) is 5.32 Å². The molecule has 4 heteroatoms. The van der Waals surface area contributed by atoms with E-state index in [0.29, 0.717) is 19.4 Å². The molecule has 17 heavy (non-hydrogen) atoms. The van der Waals surface area contributed by atoms with Gasteiger partial charge in [0.25, 0.3) is 0 Å². The molecule has 100 valence electrons. The molecule has 1 aliphatic carbocycles. The molecular weight excluding hydrogens is 218 g/mol. The molecule has 4 nitrogen and oxygen atoms in total. The quantitative estimate of drug-likeness (QED) is 0.656. The summed E-state index contributed by atoms with van der Waals surface area (Å²) in [5, 5.41) is 21.5. The zero-order valence-electron chi connectivity index (χ0n) is 10.7. The molecule has 3 N–H and O–H groups in total. The second-order valence-corrected chi connectivity index (χ2v) is 5.38. The summed E-state index contributed by atoms with van der Waals surface area (Å²) in [6.45, 7) is 2.41. The average molecular weight is 243 g/mol. The minimum Gasteiger partial charge on any atom is -0.396 e. The SMILES string of the molecule is CC(O)CCC(=O)NCC1(CO)CCCCC1. The third-order valence-electron chi connectivity index (χ3n) is 3.70. The maximum Gasteiger partial charge on any atom is 0.220 e. The third-order valence-corrected chi connectivity index (χ3v) is 3.70. The second-order valence-electron chi connectivity index (χ2n) is 5.38. The van der Waals surface area contributed by atoms with Gasteiger partial charge < -0.3 is 15.5 Å². The van der Waals surface area contributed by atoms with E-state index in [1.807, 2.05) is 0 Å². The summed E-state index contributed by atoms with van der Waals surface area (Å²) in [5.41, 5.74) is -0.0985. The number of hydrogen-bond donors (Lipinski definition) is 3. The van der Waals surface area contributed by atoms with Crippen molar-refractivity contribution >= 4 is 5.91 Å². The van der Waals surface area contributed by atoms with Gasteiger partial charge in [0, 0.05) is 18.4 Å². The first-order valence-corrected chi connectivity index (χ1v) is 6.64. The average Bonchev–Trinajstić information content (AvgIpc) is 2.35. The molecule has 0 spiro atoms. The van der Waals surface area contributed by atoms with E-state index in [0.717, 1.165) is 25.7 Å². The Bertz CT molecular complexity index is 235. The van der Waals surface area contributed by atoms with Gasteiger partial charge in [0.15, 0.2) is 0 Å². The molecule has 1 unspecified atom stereocenters. The number of hydrogen-bond acceptors (Lipinski definition) is 3. The Labute approximate surface area is 103 Å². The van der Waals surface area contributed by atoms with Gasteiger partial charge in [-0.1, -0.05) is 19.3 Å². The fourth-order valence-corrected chi connectivity index (χ4v) is 2.41. The first kappa shape index (κ1) is 14.5. The molecule has 0 aromatic carbocycles. The van der Waals surface area contributed by atoms with Crippen LogP contribution in [0.15, 0.2) is 0 Å².